The van der Waals surface area contributed by atoms with E-state index in [1.54, 1.807) is 12.1 Å². The van der Waals surface area contributed by atoms with Gasteiger partial charge in [0, 0.05) is 19.3 Å². The van der Waals surface area contributed by atoms with Gasteiger partial charge < -0.3 is 15.5 Å². The summed E-state index contributed by atoms with van der Waals surface area (Å²) in [6.45, 7) is 1.95. The Morgan fingerprint density at radius 2 is 2.28 bits per heavy atom. The summed E-state index contributed by atoms with van der Waals surface area (Å²) in [6, 6.07) is 3.50. The van der Waals surface area contributed by atoms with Crippen LogP contribution in [0.2, 0.25) is 0 Å². The zero-order chi connectivity index (χ0) is 13.4. The van der Waals surface area contributed by atoms with E-state index < -0.39 is 0 Å². The molecule has 1 rings (SSSR count). The molecule has 5 nitrogen and oxygen atoms in total. The van der Waals surface area contributed by atoms with E-state index in [0.29, 0.717) is 5.56 Å². The Morgan fingerprint density at radius 1 is 1.50 bits per heavy atom. The molecule has 18 heavy (non-hydrogen) atoms. The van der Waals surface area contributed by atoms with Crippen LogP contribution < -0.4 is 10.6 Å². The number of pyridine rings is 1. The molecule has 0 radical (unpaired) electrons. The highest BCUT2D eigenvalue weighted by Crippen LogP contribution is 2.04. The molecule has 96 valence electrons. The molecular formula is C13H18N4O. The number of amides is 1. The van der Waals surface area contributed by atoms with Gasteiger partial charge in [0.25, 0.3) is 5.91 Å². The lowest BCUT2D eigenvalue weighted by molar-refractivity contribution is 0.0958. The van der Waals surface area contributed by atoms with Crippen LogP contribution in [0.15, 0.2) is 18.3 Å². The first-order valence-electron chi connectivity index (χ1n) is 5.70. The molecular weight excluding hydrogens is 228 g/mol. The lowest BCUT2D eigenvalue weighted by Gasteiger charge is -2.10. The van der Waals surface area contributed by atoms with Crippen LogP contribution in [0.3, 0.4) is 0 Å². The molecule has 1 aromatic heterocycles. The number of hydrogen-bond donors (Lipinski definition) is 2. The largest absolute Gasteiger partial charge is 0.369 e. The maximum Gasteiger partial charge on any atom is 0.253 e. The Morgan fingerprint density at radius 3 is 2.83 bits per heavy atom. The van der Waals surface area contributed by atoms with E-state index in [9.17, 15) is 4.79 Å². The molecule has 0 fully saturated rings. The molecule has 0 saturated heterocycles. The lowest BCUT2D eigenvalue weighted by atomic mass is 10.2. The van der Waals surface area contributed by atoms with Crippen molar-refractivity contribution in [2.45, 2.75) is 0 Å². The molecule has 0 spiro atoms. The monoisotopic (exact) mass is 246 g/mol. The molecule has 0 aliphatic carbocycles. The fourth-order valence-electron chi connectivity index (χ4n) is 1.27. The summed E-state index contributed by atoms with van der Waals surface area (Å²) in [7, 11) is 4.02. The van der Waals surface area contributed by atoms with Crippen LogP contribution in [0.5, 0.6) is 0 Å². The zero-order valence-corrected chi connectivity index (χ0v) is 10.7. The average Bonchev–Trinajstić information content (AvgIpc) is 2.36. The predicted molar refractivity (Wildman–Crippen MR) is 72.4 cm³/mol. The van der Waals surface area contributed by atoms with Crippen molar-refractivity contribution >= 4 is 11.7 Å². The molecule has 0 bridgehead atoms. The van der Waals surface area contributed by atoms with Gasteiger partial charge in [-0.05, 0) is 26.2 Å². The van der Waals surface area contributed by atoms with E-state index in [1.165, 1.54) is 6.20 Å². The summed E-state index contributed by atoms with van der Waals surface area (Å²) in [5, 5.41) is 5.75. The molecule has 0 saturated carbocycles. The Balaban J connectivity index is 2.47. The average molecular weight is 246 g/mol. The summed E-state index contributed by atoms with van der Waals surface area (Å²) in [5.41, 5.74) is 0.503. The fraction of sp³-hybridized carbons (Fsp3) is 0.385. The third kappa shape index (κ3) is 4.85. The number of likely N-dealkylation sites (N-methyl/N-ethyl adjacent to an activating group) is 1. The van der Waals surface area contributed by atoms with E-state index >= 15 is 0 Å². The summed E-state index contributed by atoms with van der Waals surface area (Å²) in [6.07, 6.45) is 6.60. The maximum absolute atomic E-state index is 11.5. The smallest absolute Gasteiger partial charge is 0.253 e. The van der Waals surface area contributed by atoms with Crippen LogP contribution in [-0.4, -0.2) is 49.5 Å². The second kappa shape index (κ2) is 7.30. The predicted octanol–water partition coefficient (Wildman–Crippen LogP) is 0.418. The van der Waals surface area contributed by atoms with Crippen molar-refractivity contribution < 1.29 is 4.79 Å². The molecule has 0 atom stereocenters. The van der Waals surface area contributed by atoms with Crippen LogP contribution in [0, 0.1) is 12.3 Å². The van der Waals surface area contributed by atoms with Crippen molar-refractivity contribution in [1.29, 1.82) is 0 Å². The molecule has 5 heteroatoms. The van der Waals surface area contributed by atoms with Gasteiger partial charge in [-0.25, -0.2) is 4.98 Å². The van der Waals surface area contributed by atoms with Gasteiger partial charge in [0.2, 0.25) is 0 Å². The van der Waals surface area contributed by atoms with Crippen LogP contribution in [0.1, 0.15) is 10.4 Å². The minimum atomic E-state index is -0.208. The minimum absolute atomic E-state index is 0.208. The Labute approximate surface area is 108 Å². The quantitative estimate of drug-likeness (QED) is 0.714. The normalized spacial score (nSPS) is 9.89. The lowest BCUT2D eigenvalue weighted by Crippen LogP contribution is -2.24. The summed E-state index contributed by atoms with van der Waals surface area (Å²) in [4.78, 5) is 17.8. The first-order valence-corrected chi connectivity index (χ1v) is 5.70. The highest BCUT2D eigenvalue weighted by molar-refractivity contribution is 5.94. The van der Waals surface area contributed by atoms with Gasteiger partial charge in [-0.1, -0.05) is 5.92 Å². The standard InChI is InChI=1S/C13H18N4O/c1-4-7-15-13(18)11-5-6-12(16-10-11)14-8-9-17(2)3/h1,5-6,10H,7-9H2,2-3H3,(H,14,16)(H,15,18). The maximum atomic E-state index is 11.5. The number of anilines is 1. The van der Waals surface area contributed by atoms with Gasteiger partial charge in [0.1, 0.15) is 5.82 Å². The Hall–Kier alpha value is -2.06. The number of nitrogens with zero attached hydrogens (tertiary/aromatic N) is 2. The molecule has 1 heterocycles. The second-order valence-corrected chi connectivity index (χ2v) is 4.05. The number of aromatic nitrogens is 1. The molecule has 0 aliphatic rings. The first kappa shape index (κ1) is 14.0. The molecule has 0 aliphatic heterocycles. The summed E-state index contributed by atoms with van der Waals surface area (Å²) in [5.74, 6) is 2.90. The van der Waals surface area contributed by atoms with Gasteiger partial charge in [0.05, 0.1) is 12.1 Å². The van der Waals surface area contributed by atoms with E-state index in [-0.39, 0.29) is 12.5 Å². The summed E-state index contributed by atoms with van der Waals surface area (Å²) >= 11 is 0. The van der Waals surface area contributed by atoms with Gasteiger partial charge in [-0.2, -0.15) is 0 Å². The second-order valence-electron chi connectivity index (χ2n) is 4.05. The first-order chi connectivity index (χ1) is 8.63. The Kier molecular flexibility index (Phi) is 5.68. The highest BCUT2D eigenvalue weighted by atomic mass is 16.1. The number of carbonyl (C=O) groups excluding carboxylic acids is 1. The number of terminal acetylenes is 1. The summed E-state index contributed by atoms with van der Waals surface area (Å²) < 4.78 is 0. The minimum Gasteiger partial charge on any atom is -0.369 e. The Bertz CT molecular complexity index is 420. The van der Waals surface area contributed by atoms with Crippen molar-refractivity contribution in [2.75, 3.05) is 39.0 Å². The number of rotatable bonds is 6. The van der Waals surface area contributed by atoms with E-state index in [1.807, 2.05) is 14.1 Å². The van der Waals surface area contributed by atoms with Crippen molar-refractivity contribution in [3.8, 4) is 12.3 Å². The van der Waals surface area contributed by atoms with Crippen LogP contribution >= 0.6 is 0 Å². The molecule has 1 aromatic rings. The van der Waals surface area contributed by atoms with Crippen LogP contribution in [0.4, 0.5) is 5.82 Å². The third-order valence-corrected chi connectivity index (χ3v) is 2.24. The van der Waals surface area contributed by atoms with Crippen molar-refractivity contribution in [1.82, 2.24) is 15.2 Å². The van der Waals surface area contributed by atoms with E-state index in [4.69, 9.17) is 6.42 Å². The number of carbonyl (C=O) groups is 1. The fourth-order valence-corrected chi connectivity index (χ4v) is 1.27. The van der Waals surface area contributed by atoms with E-state index in [2.05, 4.69) is 26.4 Å². The van der Waals surface area contributed by atoms with Gasteiger partial charge in [-0.3, -0.25) is 4.79 Å². The van der Waals surface area contributed by atoms with Gasteiger partial charge in [-0.15, -0.1) is 6.42 Å². The molecule has 0 aromatic carbocycles. The van der Waals surface area contributed by atoms with E-state index in [0.717, 1.165) is 18.9 Å². The van der Waals surface area contributed by atoms with Crippen LogP contribution in [0.25, 0.3) is 0 Å². The van der Waals surface area contributed by atoms with Gasteiger partial charge in [0.15, 0.2) is 0 Å². The molecule has 0 unspecified atom stereocenters. The molecule has 1 amide bonds. The SMILES string of the molecule is C#CCNC(=O)c1ccc(NCCN(C)C)nc1. The number of hydrogen-bond acceptors (Lipinski definition) is 4. The van der Waals surface area contributed by atoms with Crippen LogP contribution in [-0.2, 0) is 0 Å². The molecule has 2 N–H and O–H groups in total. The number of nitrogens with one attached hydrogen (secondary N) is 2. The third-order valence-electron chi connectivity index (χ3n) is 2.24. The van der Waals surface area contributed by atoms with Gasteiger partial charge >= 0.3 is 0 Å². The zero-order valence-electron chi connectivity index (χ0n) is 10.7. The van der Waals surface area contributed by atoms with Crippen molar-refractivity contribution in [3.05, 3.63) is 23.9 Å². The highest BCUT2D eigenvalue weighted by Gasteiger charge is 2.04. The van der Waals surface area contributed by atoms with Crippen molar-refractivity contribution in [2.24, 2.45) is 0 Å². The van der Waals surface area contributed by atoms with Crippen molar-refractivity contribution in [3.63, 3.8) is 0 Å². The topological polar surface area (TPSA) is 57.3 Å².